The van der Waals surface area contributed by atoms with Gasteiger partial charge in [-0.1, -0.05) is 0 Å². The van der Waals surface area contributed by atoms with Crippen molar-refractivity contribution in [2.75, 3.05) is 7.11 Å². The summed E-state index contributed by atoms with van der Waals surface area (Å²) in [5, 5.41) is 0. The molecule has 0 aromatic heterocycles. The van der Waals surface area contributed by atoms with Gasteiger partial charge in [-0.25, -0.2) is 4.39 Å². The number of methoxy groups -OCH3 is 1. The fraction of sp³-hybridized carbons (Fsp3) is 0.143. The Labute approximate surface area is 132 Å². The second kappa shape index (κ2) is 5.36. The lowest BCUT2D eigenvalue weighted by Gasteiger charge is -2.12. The van der Waals surface area contributed by atoms with Gasteiger partial charge >= 0.3 is 0 Å². The van der Waals surface area contributed by atoms with E-state index in [0.717, 1.165) is 0 Å². The van der Waals surface area contributed by atoms with E-state index >= 15 is 0 Å². The van der Waals surface area contributed by atoms with E-state index in [1.54, 1.807) is 45.2 Å². The Morgan fingerprint density at radius 3 is 2.06 bits per heavy atom. The molecule has 0 radical (unpaired) electrons. The minimum Gasteiger partial charge on any atom is -0.494 e. The Bertz CT molecular complexity index is 543. The van der Waals surface area contributed by atoms with E-state index in [1.807, 2.05) is 0 Å². The van der Waals surface area contributed by atoms with E-state index in [4.69, 9.17) is 9.29 Å². The molecule has 0 spiro atoms. The highest BCUT2D eigenvalue weighted by Gasteiger charge is 2.28. The molecular formula is C7H4FI3O4S. The molecule has 0 bridgehead atoms. The highest BCUT2D eigenvalue weighted by atomic mass is 127. The Morgan fingerprint density at radius 2 is 1.69 bits per heavy atom. The lowest BCUT2D eigenvalue weighted by atomic mass is 10.3. The van der Waals surface area contributed by atoms with Gasteiger partial charge in [0, 0.05) is 0 Å². The van der Waals surface area contributed by atoms with Crippen molar-refractivity contribution in [3.05, 3.63) is 16.5 Å². The SMILES string of the molecule is COc1c(I)c(F)c(I)c(S(=O)(=O)O)c1I. The van der Waals surface area contributed by atoms with Gasteiger partial charge in [-0.2, -0.15) is 8.42 Å². The monoisotopic (exact) mass is 584 g/mol. The average Bonchev–Trinajstić information content (AvgIpc) is 2.13. The summed E-state index contributed by atoms with van der Waals surface area (Å²) in [6, 6.07) is 0. The maximum atomic E-state index is 13.7. The number of ether oxygens (including phenoxy) is 1. The largest absolute Gasteiger partial charge is 0.494 e. The number of hydrogen-bond donors (Lipinski definition) is 1. The van der Waals surface area contributed by atoms with Gasteiger partial charge in [0.05, 0.1) is 17.8 Å². The number of benzene rings is 1. The van der Waals surface area contributed by atoms with Gasteiger partial charge in [0.2, 0.25) is 0 Å². The summed E-state index contributed by atoms with van der Waals surface area (Å²) in [6.45, 7) is 0. The van der Waals surface area contributed by atoms with Crippen LogP contribution in [0.25, 0.3) is 0 Å². The van der Waals surface area contributed by atoms with Crippen LogP contribution in [0.15, 0.2) is 4.90 Å². The Morgan fingerprint density at radius 1 is 1.19 bits per heavy atom. The van der Waals surface area contributed by atoms with Crippen molar-refractivity contribution in [2.24, 2.45) is 0 Å². The molecular weight excluding hydrogens is 580 g/mol. The first-order valence-electron chi connectivity index (χ1n) is 3.59. The summed E-state index contributed by atoms with van der Waals surface area (Å²) < 4.78 is 50.1. The fourth-order valence-corrected chi connectivity index (χ4v) is 6.91. The third kappa shape index (κ3) is 2.72. The zero-order chi connectivity index (χ0) is 12.7. The van der Waals surface area contributed by atoms with E-state index in [2.05, 4.69) is 0 Å². The van der Waals surface area contributed by atoms with Crippen molar-refractivity contribution in [1.82, 2.24) is 0 Å². The molecule has 0 heterocycles. The molecule has 9 heteroatoms. The molecule has 4 nitrogen and oxygen atoms in total. The topological polar surface area (TPSA) is 63.6 Å². The first-order valence-corrected chi connectivity index (χ1v) is 8.26. The molecule has 0 amide bonds. The molecule has 0 aliphatic heterocycles. The zero-order valence-corrected chi connectivity index (χ0v) is 14.9. The second-order valence-electron chi connectivity index (χ2n) is 2.59. The number of rotatable bonds is 2. The first-order chi connectivity index (χ1) is 7.21. The van der Waals surface area contributed by atoms with Gasteiger partial charge in [0.15, 0.2) is 5.82 Å². The molecule has 1 aromatic rings. The van der Waals surface area contributed by atoms with Crippen molar-refractivity contribution in [2.45, 2.75) is 4.90 Å². The zero-order valence-electron chi connectivity index (χ0n) is 7.59. The van der Waals surface area contributed by atoms with Crippen LogP contribution < -0.4 is 4.74 Å². The van der Waals surface area contributed by atoms with E-state index in [9.17, 15) is 12.8 Å². The molecule has 0 unspecified atom stereocenters. The van der Waals surface area contributed by atoms with Crippen LogP contribution in [0, 0.1) is 16.5 Å². The maximum Gasteiger partial charge on any atom is 0.296 e. The van der Waals surface area contributed by atoms with Crippen LogP contribution in [0.2, 0.25) is 0 Å². The van der Waals surface area contributed by atoms with Crippen LogP contribution in [0.5, 0.6) is 5.75 Å². The van der Waals surface area contributed by atoms with Crippen LogP contribution in [0.4, 0.5) is 4.39 Å². The molecule has 1 N–H and O–H groups in total. The summed E-state index contributed by atoms with van der Waals surface area (Å²) in [7, 11) is -3.17. The van der Waals surface area contributed by atoms with E-state index in [-0.39, 0.29) is 16.5 Å². The van der Waals surface area contributed by atoms with Gasteiger partial charge < -0.3 is 4.74 Å². The van der Waals surface area contributed by atoms with E-state index in [0.29, 0.717) is 0 Å². The lowest BCUT2D eigenvalue weighted by molar-refractivity contribution is 0.399. The summed E-state index contributed by atoms with van der Waals surface area (Å²) in [4.78, 5) is -0.455. The summed E-state index contributed by atoms with van der Waals surface area (Å²) in [5.41, 5.74) is 0. The highest BCUT2D eigenvalue weighted by molar-refractivity contribution is 14.1. The molecule has 0 aliphatic carbocycles. The molecule has 90 valence electrons. The van der Waals surface area contributed by atoms with Crippen LogP contribution in [0.1, 0.15) is 0 Å². The minimum atomic E-state index is -4.47. The normalized spacial score (nSPS) is 11.6. The standard InChI is InChI=1S/C7H4FI3O4S/c1-15-6-3(9)2(8)4(10)7(5(6)11)16(12,13)14/h1H3,(H,12,13,14). The molecule has 16 heavy (non-hydrogen) atoms. The van der Waals surface area contributed by atoms with Gasteiger partial charge in [-0.05, 0) is 67.8 Å². The molecule has 0 saturated heterocycles. The van der Waals surface area contributed by atoms with Crippen LogP contribution >= 0.6 is 67.8 Å². The third-order valence-corrected chi connectivity index (χ3v) is 6.31. The summed E-state index contributed by atoms with van der Waals surface area (Å²) >= 11 is 4.94. The highest BCUT2D eigenvalue weighted by Crippen LogP contribution is 2.37. The molecule has 1 rings (SSSR count). The Kier molecular flexibility index (Phi) is 5.06. The lowest BCUT2D eigenvalue weighted by Crippen LogP contribution is -2.09. The predicted molar refractivity (Wildman–Crippen MR) is 80.9 cm³/mol. The maximum absolute atomic E-state index is 13.7. The third-order valence-electron chi connectivity index (χ3n) is 1.64. The van der Waals surface area contributed by atoms with Crippen molar-refractivity contribution in [3.63, 3.8) is 0 Å². The van der Waals surface area contributed by atoms with Crippen LogP contribution in [-0.4, -0.2) is 20.1 Å². The smallest absolute Gasteiger partial charge is 0.296 e. The molecule has 0 fully saturated rings. The van der Waals surface area contributed by atoms with Crippen molar-refractivity contribution in [3.8, 4) is 5.75 Å². The van der Waals surface area contributed by atoms with Crippen LogP contribution in [0.3, 0.4) is 0 Å². The summed E-state index contributed by atoms with van der Waals surface area (Å²) in [5.74, 6) is -0.613. The van der Waals surface area contributed by atoms with Gasteiger partial charge in [-0.15, -0.1) is 0 Å². The van der Waals surface area contributed by atoms with Crippen molar-refractivity contribution < 1.29 is 22.1 Å². The van der Waals surface area contributed by atoms with Gasteiger partial charge in [0.1, 0.15) is 10.6 Å². The van der Waals surface area contributed by atoms with Gasteiger partial charge in [-0.3, -0.25) is 4.55 Å². The van der Waals surface area contributed by atoms with Crippen LogP contribution in [-0.2, 0) is 10.1 Å². The molecule has 0 saturated carbocycles. The average molecular weight is 584 g/mol. The molecule has 0 atom stereocenters. The first kappa shape index (κ1) is 15.1. The van der Waals surface area contributed by atoms with Crippen molar-refractivity contribution >= 4 is 77.9 Å². The Balaban J connectivity index is 3.84. The second-order valence-corrected chi connectivity index (χ2v) is 7.19. The fourth-order valence-electron chi connectivity index (χ4n) is 0.997. The summed E-state index contributed by atoms with van der Waals surface area (Å²) in [6.07, 6.45) is 0. The minimum absolute atomic E-state index is 0.103. The van der Waals surface area contributed by atoms with Gasteiger partial charge in [0.25, 0.3) is 10.1 Å². The number of hydrogen-bond acceptors (Lipinski definition) is 3. The van der Waals surface area contributed by atoms with Crippen molar-refractivity contribution in [1.29, 1.82) is 0 Å². The van der Waals surface area contributed by atoms with E-state index < -0.39 is 20.8 Å². The predicted octanol–water partition coefficient (Wildman–Crippen LogP) is 2.89. The van der Waals surface area contributed by atoms with E-state index in [1.165, 1.54) is 29.7 Å². The number of halogens is 4. The quantitative estimate of drug-likeness (QED) is 0.252. The molecule has 0 aliphatic rings. The Hall–Kier alpha value is 1.05. The molecule has 1 aromatic carbocycles.